The number of carbonyl (C=O) groups excluding carboxylic acids is 2. The predicted octanol–water partition coefficient (Wildman–Crippen LogP) is 8.80. The molecule has 0 N–H and O–H groups in total. The van der Waals surface area contributed by atoms with Gasteiger partial charge in [0.15, 0.2) is 0 Å². The van der Waals surface area contributed by atoms with Gasteiger partial charge in [0.1, 0.15) is 5.60 Å². The van der Waals surface area contributed by atoms with E-state index in [-0.39, 0.29) is 11.8 Å². The van der Waals surface area contributed by atoms with Crippen LogP contribution in [0.15, 0.2) is 128 Å². The Labute approximate surface area is 254 Å². The van der Waals surface area contributed by atoms with Crippen molar-refractivity contribution in [2.75, 3.05) is 13.1 Å². The Morgan fingerprint density at radius 1 is 0.791 bits per heavy atom. The molecule has 218 valence electrons. The monoisotopic (exact) mass is 570 g/mol. The van der Waals surface area contributed by atoms with Gasteiger partial charge in [-0.25, -0.2) is 4.79 Å². The van der Waals surface area contributed by atoms with Gasteiger partial charge in [-0.15, -0.1) is 0 Å². The second-order valence-electron chi connectivity index (χ2n) is 11.6. The molecule has 0 aliphatic carbocycles. The number of benzene rings is 4. The first-order valence-electron chi connectivity index (χ1n) is 14.7. The average molecular weight is 571 g/mol. The van der Waals surface area contributed by atoms with Crippen molar-refractivity contribution in [3.8, 4) is 0 Å². The summed E-state index contributed by atoms with van der Waals surface area (Å²) in [6.07, 6.45) is 6.18. The van der Waals surface area contributed by atoms with Crippen LogP contribution in [0.1, 0.15) is 60.2 Å². The first-order valence-corrected chi connectivity index (χ1v) is 14.7. The third-order valence-electron chi connectivity index (χ3n) is 7.38. The normalized spacial score (nSPS) is 11.7. The van der Waals surface area contributed by atoms with Crippen molar-refractivity contribution in [3.63, 3.8) is 0 Å². The van der Waals surface area contributed by atoms with Gasteiger partial charge >= 0.3 is 6.09 Å². The molecule has 5 nitrogen and oxygen atoms in total. The summed E-state index contributed by atoms with van der Waals surface area (Å²) in [5.74, 6) is 0.165. The van der Waals surface area contributed by atoms with E-state index in [1.165, 1.54) is 15.7 Å². The molecule has 1 heterocycles. The molecular formula is C38H38N2O3. The van der Waals surface area contributed by atoms with E-state index in [0.717, 1.165) is 22.9 Å². The summed E-state index contributed by atoms with van der Waals surface area (Å²) in [5.41, 5.74) is 4.30. The summed E-state index contributed by atoms with van der Waals surface area (Å²) in [4.78, 5) is 28.4. The van der Waals surface area contributed by atoms with E-state index in [1.54, 1.807) is 6.20 Å². The third-order valence-corrected chi connectivity index (χ3v) is 7.38. The fourth-order valence-electron chi connectivity index (χ4n) is 5.33. The number of aromatic nitrogens is 1. The van der Waals surface area contributed by atoms with Gasteiger partial charge in [0.2, 0.25) is 0 Å². The Bertz CT molecular complexity index is 1640. The minimum atomic E-state index is -0.583. The van der Waals surface area contributed by atoms with Crippen LogP contribution in [0.2, 0.25) is 0 Å². The second kappa shape index (κ2) is 13.4. The van der Waals surface area contributed by atoms with Gasteiger partial charge in [0.25, 0.3) is 5.91 Å². The molecular weight excluding hydrogens is 532 g/mol. The van der Waals surface area contributed by atoms with Crippen molar-refractivity contribution >= 4 is 29.0 Å². The molecule has 0 spiro atoms. The Hall–Kier alpha value is -4.90. The van der Waals surface area contributed by atoms with Crippen LogP contribution in [0.5, 0.6) is 0 Å². The van der Waals surface area contributed by atoms with Crippen LogP contribution in [-0.2, 0) is 4.74 Å². The molecule has 0 fully saturated rings. The highest BCUT2D eigenvalue weighted by Gasteiger charge is 2.21. The Kier molecular flexibility index (Phi) is 9.21. The Balaban J connectivity index is 1.39. The highest BCUT2D eigenvalue weighted by molar-refractivity contribution is 5.95. The first kappa shape index (κ1) is 29.6. The maximum absolute atomic E-state index is 13.7. The van der Waals surface area contributed by atoms with Gasteiger partial charge in [-0.3, -0.25) is 9.36 Å². The van der Waals surface area contributed by atoms with Crippen LogP contribution < -0.4 is 0 Å². The van der Waals surface area contributed by atoms with Crippen molar-refractivity contribution < 1.29 is 14.3 Å². The molecule has 0 radical (unpaired) electrons. The van der Waals surface area contributed by atoms with Crippen LogP contribution in [0.3, 0.4) is 0 Å². The molecule has 1 amide bonds. The van der Waals surface area contributed by atoms with Crippen LogP contribution in [0.4, 0.5) is 4.79 Å². The van der Waals surface area contributed by atoms with Crippen LogP contribution >= 0.6 is 0 Å². The molecule has 5 heteroatoms. The number of amides is 1. The molecule has 0 bridgehead atoms. The zero-order valence-electron chi connectivity index (χ0n) is 25.0. The van der Waals surface area contributed by atoms with Gasteiger partial charge in [-0.1, -0.05) is 103 Å². The Morgan fingerprint density at radius 3 is 2.00 bits per heavy atom. The summed E-state index contributed by atoms with van der Waals surface area (Å²) >= 11 is 0. The lowest BCUT2D eigenvalue weighted by molar-refractivity contribution is 0.0544. The van der Waals surface area contributed by atoms with Gasteiger partial charge in [-0.2, -0.15) is 0 Å². The van der Waals surface area contributed by atoms with Crippen LogP contribution in [0.25, 0.3) is 17.0 Å². The number of fused-ring (bicyclic) bond motifs is 1. The minimum absolute atomic E-state index is 0.000546. The van der Waals surface area contributed by atoms with E-state index in [1.807, 2.05) is 105 Å². The quantitative estimate of drug-likeness (QED) is 0.178. The fourth-order valence-corrected chi connectivity index (χ4v) is 5.33. The zero-order chi connectivity index (χ0) is 30.2. The summed E-state index contributed by atoms with van der Waals surface area (Å²) in [6, 6.07) is 38.2. The van der Waals surface area contributed by atoms with Crippen LogP contribution in [0, 0.1) is 0 Å². The lowest BCUT2D eigenvalue weighted by Gasteiger charge is -2.25. The number of rotatable bonds is 9. The van der Waals surface area contributed by atoms with E-state index in [0.29, 0.717) is 18.7 Å². The van der Waals surface area contributed by atoms with E-state index < -0.39 is 11.7 Å². The maximum Gasteiger partial charge on any atom is 0.418 e. The standard InChI is InChI=1S/C38H38N2O3/c1-38(2,3)43-37(42)40-28-25-34-31(21-13-23-35(34)40)22-14-26-39(36(41)32-19-11-6-12-20-32)27-24-33(29-15-7-4-8-16-29)30-17-9-5-10-18-30/h4-23,25,28,33H,24,26-27H2,1-3H3. The number of hydrogen-bond donors (Lipinski definition) is 0. The van der Waals surface area contributed by atoms with E-state index in [4.69, 9.17) is 4.74 Å². The van der Waals surface area contributed by atoms with E-state index >= 15 is 0 Å². The second-order valence-corrected chi connectivity index (χ2v) is 11.6. The van der Waals surface area contributed by atoms with Gasteiger partial charge < -0.3 is 9.64 Å². The summed E-state index contributed by atoms with van der Waals surface area (Å²) in [6.45, 7) is 6.61. The highest BCUT2D eigenvalue weighted by atomic mass is 16.6. The minimum Gasteiger partial charge on any atom is -0.443 e. The molecule has 0 saturated carbocycles. The molecule has 0 aliphatic heterocycles. The molecule has 0 saturated heterocycles. The number of nitrogens with zero attached hydrogens (tertiary/aromatic N) is 2. The smallest absolute Gasteiger partial charge is 0.418 e. The van der Waals surface area contributed by atoms with Crippen LogP contribution in [-0.4, -0.2) is 40.2 Å². The van der Waals surface area contributed by atoms with Crippen molar-refractivity contribution in [3.05, 3.63) is 150 Å². The molecule has 1 aromatic heterocycles. The zero-order valence-corrected chi connectivity index (χ0v) is 25.0. The number of hydrogen-bond acceptors (Lipinski definition) is 3. The maximum atomic E-state index is 13.7. The van der Waals surface area contributed by atoms with E-state index in [9.17, 15) is 9.59 Å². The van der Waals surface area contributed by atoms with E-state index in [2.05, 4.69) is 48.5 Å². The third kappa shape index (κ3) is 7.49. The molecule has 0 aliphatic rings. The molecule has 4 aromatic carbocycles. The summed E-state index contributed by atoms with van der Waals surface area (Å²) in [5, 5.41) is 0.943. The highest BCUT2D eigenvalue weighted by Crippen LogP contribution is 2.29. The van der Waals surface area contributed by atoms with Crippen molar-refractivity contribution in [2.45, 2.75) is 38.7 Å². The molecule has 43 heavy (non-hydrogen) atoms. The van der Waals surface area contributed by atoms with Crippen molar-refractivity contribution in [1.29, 1.82) is 0 Å². The molecule has 0 atom stereocenters. The predicted molar refractivity (Wildman–Crippen MR) is 174 cm³/mol. The van der Waals surface area contributed by atoms with Crippen molar-refractivity contribution in [2.24, 2.45) is 0 Å². The van der Waals surface area contributed by atoms with Crippen molar-refractivity contribution in [1.82, 2.24) is 9.47 Å². The van der Waals surface area contributed by atoms with Gasteiger partial charge in [0, 0.05) is 36.2 Å². The van der Waals surface area contributed by atoms with Gasteiger partial charge in [0.05, 0.1) is 5.52 Å². The largest absolute Gasteiger partial charge is 0.443 e. The van der Waals surface area contributed by atoms with Gasteiger partial charge in [-0.05, 0) is 68.1 Å². The lowest BCUT2D eigenvalue weighted by Crippen LogP contribution is -2.33. The SMILES string of the molecule is CC(C)(C)OC(=O)n1ccc2c(C=CCN(CCC(c3ccccc3)c3ccccc3)C(=O)c3ccccc3)cccc21. The average Bonchev–Trinajstić information content (AvgIpc) is 3.46. The number of carbonyl (C=O) groups is 2. The molecule has 5 aromatic rings. The summed E-state index contributed by atoms with van der Waals surface area (Å²) < 4.78 is 7.12. The number of ether oxygens (including phenoxy) is 1. The topological polar surface area (TPSA) is 51.5 Å². The molecule has 5 rings (SSSR count). The summed E-state index contributed by atoms with van der Waals surface area (Å²) in [7, 11) is 0. The lowest BCUT2D eigenvalue weighted by atomic mass is 9.88. The molecule has 0 unspecified atom stereocenters. The fraction of sp³-hybridized carbons (Fsp3) is 0.211. The first-order chi connectivity index (χ1) is 20.8. The Morgan fingerprint density at radius 2 is 1.40 bits per heavy atom.